The normalized spacial score (nSPS) is 24.7. The van der Waals surface area contributed by atoms with E-state index in [4.69, 9.17) is 0 Å². The van der Waals surface area contributed by atoms with Crippen LogP contribution in [0.25, 0.3) is 0 Å². The van der Waals surface area contributed by atoms with Crippen molar-refractivity contribution in [3.63, 3.8) is 0 Å². The molecule has 21 heavy (non-hydrogen) atoms. The quantitative estimate of drug-likeness (QED) is 0.922. The van der Waals surface area contributed by atoms with Gasteiger partial charge in [0, 0.05) is 43.5 Å². The lowest BCUT2D eigenvalue weighted by atomic mass is 10.0. The first-order valence-electron chi connectivity index (χ1n) is 7.76. The molecule has 2 heterocycles. The van der Waals surface area contributed by atoms with Crippen LogP contribution in [0.5, 0.6) is 0 Å². The van der Waals surface area contributed by atoms with Crippen LogP contribution in [0.15, 0.2) is 18.2 Å². The average molecular weight is 295 g/mol. The maximum absolute atomic E-state index is 13.3. The third-order valence-electron chi connectivity index (χ3n) is 4.63. The average Bonchev–Trinajstić information content (AvgIpc) is 2.88. The van der Waals surface area contributed by atoms with Crippen LogP contribution in [0.3, 0.4) is 0 Å². The summed E-state index contributed by atoms with van der Waals surface area (Å²) < 4.78 is 26.3. The molecule has 0 bridgehead atoms. The summed E-state index contributed by atoms with van der Waals surface area (Å²) in [6.45, 7) is 4.09. The SMILES string of the molecule is CN1CC[C@@H](NC2CCN(c3ccc(F)c(F)c3)CC2)C1. The van der Waals surface area contributed by atoms with E-state index in [9.17, 15) is 8.78 Å². The molecule has 1 N–H and O–H groups in total. The summed E-state index contributed by atoms with van der Waals surface area (Å²) >= 11 is 0. The first-order valence-corrected chi connectivity index (χ1v) is 7.76. The van der Waals surface area contributed by atoms with Crippen LogP contribution in [-0.4, -0.2) is 50.2 Å². The lowest BCUT2D eigenvalue weighted by Gasteiger charge is -2.35. The Morgan fingerprint density at radius 2 is 1.71 bits per heavy atom. The van der Waals surface area contributed by atoms with Gasteiger partial charge < -0.3 is 15.1 Å². The highest BCUT2D eigenvalue weighted by molar-refractivity contribution is 5.47. The highest BCUT2D eigenvalue weighted by Crippen LogP contribution is 2.22. The number of rotatable bonds is 3. The van der Waals surface area contributed by atoms with E-state index in [0.29, 0.717) is 12.1 Å². The zero-order chi connectivity index (χ0) is 14.8. The second-order valence-electron chi connectivity index (χ2n) is 6.27. The van der Waals surface area contributed by atoms with Crippen molar-refractivity contribution in [2.24, 2.45) is 0 Å². The first-order chi connectivity index (χ1) is 10.1. The molecule has 3 nitrogen and oxygen atoms in total. The van der Waals surface area contributed by atoms with E-state index in [-0.39, 0.29) is 0 Å². The number of anilines is 1. The number of hydrogen-bond donors (Lipinski definition) is 1. The Hall–Kier alpha value is -1.20. The number of piperidine rings is 1. The van der Waals surface area contributed by atoms with Crippen molar-refractivity contribution in [3.05, 3.63) is 29.8 Å². The molecule has 1 aromatic rings. The highest BCUT2D eigenvalue weighted by atomic mass is 19.2. The number of benzene rings is 1. The van der Waals surface area contributed by atoms with E-state index in [2.05, 4.69) is 22.2 Å². The summed E-state index contributed by atoms with van der Waals surface area (Å²) in [6, 6.07) is 5.33. The van der Waals surface area contributed by atoms with E-state index in [1.807, 2.05) is 0 Å². The van der Waals surface area contributed by atoms with Crippen LogP contribution in [-0.2, 0) is 0 Å². The summed E-state index contributed by atoms with van der Waals surface area (Å²) in [5, 5.41) is 3.74. The van der Waals surface area contributed by atoms with E-state index >= 15 is 0 Å². The van der Waals surface area contributed by atoms with Gasteiger partial charge in [-0.15, -0.1) is 0 Å². The molecule has 116 valence electrons. The van der Waals surface area contributed by atoms with E-state index in [1.54, 1.807) is 6.07 Å². The van der Waals surface area contributed by atoms with Gasteiger partial charge in [-0.05, 0) is 45.0 Å². The van der Waals surface area contributed by atoms with Gasteiger partial charge in [-0.3, -0.25) is 0 Å². The third kappa shape index (κ3) is 3.52. The Labute approximate surface area is 124 Å². The highest BCUT2D eigenvalue weighted by Gasteiger charge is 2.25. The fourth-order valence-electron chi connectivity index (χ4n) is 3.39. The number of nitrogens with one attached hydrogen (secondary N) is 1. The zero-order valence-electron chi connectivity index (χ0n) is 12.5. The van der Waals surface area contributed by atoms with E-state index < -0.39 is 11.6 Å². The molecule has 0 saturated carbocycles. The number of nitrogens with zero attached hydrogens (tertiary/aromatic N) is 2. The fraction of sp³-hybridized carbons (Fsp3) is 0.625. The molecule has 0 unspecified atom stereocenters. The molecular formula is C16H23F2N3. The molecule has 2 fully saturated rings. The predicted molar refractivity (Wildman–Crippen MR) is 80.6 cm³/mol. The molecule has 0 radical (unpaired) electrons. The van der Waals surface area contributed by atoms with Crippen molar-refractivity contribution in [2.75, 3.05) is 38.1 Å². The molecule has 0 aliphatic carbocycles. The first kappa shape index (κ1) is 14.7. The van der Waals surface area contributed by atoms with E-state index in [0.717, 1.165) is 38.2 Å². The summed E-state index contributed by atoms with van der Waals surface area (Å²) in [7, 11) is 2.16. The smallest absolute Gasteiger partial charge is 0.160 e. The molecule has 5 heteroatoms. The molecule has 1 atom stereocenters. The minimum Gasteiger partial charge on any atom is -0.371 e. The van der Waals surface area contributed by atoms with Gasteiger partial charge in [0.2, 0.25) is 0 Å². The van der Waals surface area contributed by atoms with Crippen molar-refractivity contribution >= 4 is 5.69 Å². The molecule has 0 aromatic heterocycles. The summed E-state index contributed by atoms with van der Waals surface area (Å²) in [5.74, 6) is -1.54. The molecular weight excluding hydrogens is 272 g/mol. The van der Waals surface area contributed by atoms with Gasteiger partial charge in [-0.1, -0.05) is 0 Å². The van der Waals surface area contributed by atoms with Crippen LogP contribution in [0.2, 0.25) is 0 Å². The van der Waals surface area contributed by atoms with E-state index in [1.165, 1.54) is 25.1 Å². The van der Waals surface area contributed by atoms with Crippen LogP contribution in [0.4, 0.5) is 14.5 Å². The number of hydrogen-bond acceptors (Lipinski definition) is 3. The standard InChI is InChI=1S/C16H23F2N3/c1-20-7-4-13(11-20)19-12-5-8-21(9-6-12)14-2-3-15(17)16(18)10-14/h2-3,10,12-13,19H,4-9,11H2,1H3/t13-/m1/s1. The Morgan fingerprint density at radius 3 is 2.33 bits per heavy atom. The van der Waals surface area contributed by atoms with Crippen molar-refractivity contribution in [1.82, 2.24) is 10.2 Å². The molecule has 2 aliphatic heterocycles. The molecule has 1 aromatic carbocycles. The van der Waals surface area contributed by atoms with Crippen LogP contribution in [0.1, 0.15) is 19.3 Å². The van der Waals surface area contributed by atoms with Crippen molar-refractivity contribution in [3.8, 4) is 0 Å². The van der Waals surface area contributed by atoms with Crippen molar-refractivity contribution in [2.45, 2.75) is 31.3 Å². The predicted octanol–water partition coefficient (Wildman–Crippen LogP) is 2.23. The van der Waals surface area contributed by atoms with Gasteiger partial charge >= 0.3 is 0 Å². The number of halogens is 2. The number of likely N-dealkylation sites (N-methyl/N-ethyl adjacent to an activating group) is 1. The summed E-state index contributed by atoms with van der Waals surface area (Å²) in [5.41, 5.74) is 0.785. The Bertz CT molecular complexity index is 486. The second kappa shape index (κ2) is 6.28. The molecule has 3 rings (SSSR count). The topological polar surface area (TPSA) is 18.5 Å². The van der Waals surface area contributed by atoms with Crippen LogP contribution < -0.4 is 10.2 Å². The maximum Gasteiger partial charge on any atom is 0.160 e. The zero-order valence-corrected chi connectivity index (χ0v) is 12.5. The molecule has 2 aliphatic rings. The molecule has 0 amide bonds. The molecule has 2 saturated heterocycles. The monoisotopic (exact) mass is 295 g/mol. The summed E-state index contributed by atoms with van der Waals surface area (Å²) in [4.78, 5) is 4.50. The third-order valence-corrected chi connectivity index (χ3v) is 4.63. The van der Waals surface area contributed by atoms with Crippen LogP contribution >= 0.6 is 0 Å². The van der Waals surface area contributed by atoms with Gasteiger partial charge in [0.1, 0.15) is 0 Å². The fourth-order valence-corrected chi connectivity index (χ4v) is 3.39. The van der Waals surface area contributed by atoms with Crippen LogP contribution in [0, 0.1) is 11.6 Å². The lowest BCUT2D eigenvalue weighted by Crippen LogP contribution is -2.47. The van der Waals surface area contributed by atoms with Gasteiger partial charge in [0.05, 0.1) is 0 Å². The van der Waals surface area contributed by atoms with Crippen molar-refractivity contribution < 1.29 is 8.78 Å². The Balaban J connectivity index is 1.51. The van der Waals surface area contributed by atoms with Crippen molar-refractivity contribution in [1.29, 1.82) is 0 Å². The minimum absolute atomic E-state index is 0.544. The summed E-state index contributed by atoms with van der Waals surface area (Å²) in [6.07, 6.45) is 3.33. The van der Waals surface area contributed by atoms with Gasteiger partial charge in [0.25, 0.3) is 0 Å². The lowest BCUT2D eigenvalue weighted by molar-refractivity contribution is 0.350. The van der Waals surface area contributed by atoms with Gasteiger partial charge in [-0.2, -0.15) is 0 Å². The molecule has 0 spiro atoms. The second-order valence-corrected chi connectivity index (χ2v) is 6.27. The number of likely N-dealkylation sites (tertiary alicyclic amines) is 1. The van der Waals surface area contributed by atoms with Gasteiger partial charge in [0.15, 0.2) is 11.6 Å². The largest absolute Gasteiger partial charge is 0.371 e. The Morgan fingerprint density at radius 1 is 1.00 bits per heavy atom. The van der Waals surface area contributed by atoms with Gasteiger partial charge in [-0.25, -0.2) is 8.78 Å². The Kier molecular flexibility index (Phi) is 4.40. The maximum atomic E-state index is 13.3. The minimum atomic E-state index is -0.777.